The molecule has 0 atom stereocenters. The van der Waals surface area contributed by atoms with Gasteiger partial charge in [0.25, 0.3) is 0 Å². The monoisotopic (exact) mass is 232 g/mol. The molecule has 4 nitrogen and oxygen atoms in total. The predicted octanol–water partition coefficient (Wildman–Crippen LogP) is 1.42. The van der Waals surface area contributed by atoms with E-state index in [0.29, 0.717) is 13.1 Å². The highest BCUT2D eigenvalue weighted by molar-refractivity contribution is 5.27. The molecule has 0 saturated heterocycles. The zero-order valence-electron chi connectivity index (χ0n) is 8.33. The van der Waals surface area contributed by atoms with Crippen LogP contribution in [0.1, 0.15) is 5.69 Å². The van der Waals surface area contributed by atoms with Gasteiger partial charge in [-0.1, -0.05) is 12.2 Å². The Kier molecular flexibility index (Phi) is 4.24. The molecule has 0 spiro atoms. The van der Waals surface area contributed by atoms with Crippen LogP contribution in [0.5, 0.6) is 0 Å². The van der Waals surface area contributed by atoms with E-state index in [-0.39, 0.29) is 5.95 Å². The smallest absolute Gasteiger partial charge is 0.351 e. The van der Waals surface area contributed by atoms with Gasteiger partial charge in [0, 0.05) is 19.3 Å². The number of rotatable bonds is 4. The number of nitrogens with zero attached hydrogens (tertiary/aromatic N) is 2. The highest BCUT2D eigenvalue weighted by Gasteiger charge is 2.32. The molecule has 1 rings (SSSR count). The first-order valence-corrected chi connectivity index (χ1v) is 4.53. The van der Waals surface area contributed by atoms with E-state index >= 15 is 0 Å². The van der Waals surface area contributed by atoms with Crippen molar-refractivity contribution in [2.24, 2.45) is 5.73 Å². The third-order valence-corrected chi connectivity index (χ3v) is 1.63. The van der Waals surface area contributed by atoms with E-state index in [2.05, 4.69) is 15.3 Å². The van der Waals surface area contributed by atoms with Crippen LogP contribution in [-0.4, -0.2) is 23.1 Å². The molecule has 1 aromatic rings. The molecule has 16 heavy (non-hydrogen) atoms. The maximum Gasteiger partial charge on any atom is 0.433 e. The second-order valence-electron chi connectivity index (χ2n) is 2.85. The van der Waals surface area contributed by atoms with E-state index in [4.69, 9.17) is 5.73 Å². The number of halogens is 3. The van der Waals surface area contributed by atoms with Gasteiger partial charge in [-0.2, -0.15) is 13.2 Å². The lowest BCUT2D eigenvalue weighted by atomic mass is 10.4. The molecule has 0 aliphatic carbocycles. The van der Waals surface area contributed by atoms with Gasteiger partial charge in [-0.3, -0.25) is 0 Å². The molecule has 0 aliphatic heterocycles. The van der Waals surface area contributed by atoms with Gasteiger partial charge >= 0.3 is 6.18 Å². The van der Waals surface area contributed by atoms with E-state index in [1.807, 2.05) is 0 Å². The normalized spacial score (nSPS) is 12.0. The van der Waals surface area contributed by atoms with Crippen molar-refractivity contribution in [3.8, 4) is 0 Å². The molecule has 0 aliphatic rings. The summed E-state index contributed by atoms with van der Waals surface area (Å²) in [5.41, 5.74) is 4.23. The number of nitrogens with two attached hydrogens (primary N) is 1. The maximum atomic E-state index is 12.3. The Morgan fingerprint density at radius 2 is 2.12 bits per heavy atom. The Labute approximate surface area is 90.4 Å². The average molecular weight is 232 g/mol. The van der Waals surface area contributed by atoms with Gasteiger partial charge in [0.15, 0.2) is 0 Å². The second kappa shape index (κ2) is 5.45. The van der Waals surface area contributed by atoms with Crippen LogP contribution in [0, 0.1) is 0 Å². The van der Waals surface area contributed by atoms with Crippen LogP contribution in [0.4, 0.5) is 19.1 Å². The van der Waals surface area contributed by atoms with Crippen molar-refractivity contribution >= 4 is 5.95 Å². The zero-order chi connectivity index (χ0) is 12.0. The van der Waals surface area contributed by atoms with Crippen LogP contribution in [0.25, 0.3) is 0 Å². The highest BCUT2D eigenvalue weighted by Crippen LogP contribution is 2.27. The van der Waals surface area contributed by atoms with Crippen molar-refractivity contribution in [1.82, 2.24) is 9.97 Å². The molecule has 0 aromatic carbocycles. The quantitative estimate of drug-likeness (QED) is 0.771. The molecule has 0 saturated carbocycles. The first-order valence-electron chi connectivity index (χ1n) is 4.53. The molecule has 0 bridgehead atoms. The Morgan fingerprint density at radius 1 is 1.38 bits per heavy atom. The zero-order valence-corrected chi connectivity index (χ0v) is 8.33. The fourth-order valence-electron chi connectivity index (χ4n) is 0.932. The van der Waals surface area contributed by atoms with Crippen LogP contribution < -0.4 is 11.1 Å². The van der Waals surface area contributed by atoms with Gasteiger partial charge in [0.2, 0.25) is 5.95 Å². The molecule has 0 amide bonds. The third-order valence-electron chi connectivity index (χ3n) is 1.63. The maximum absolute atomic E-state index is 12.3. The van der Waals surface area contributed by atoms with E-state index in [1.54, 1.807) is 12.2 Å². The van der Waals surface area contributed by atoms with Gasteiger partial charge in [0.1, 0.15) is 5.69 Å². The summed E-state index contributed by atoms with van der Waals surface area (Å²) < 4.78 is 36.8. The minimum absolute atomic E-state index is 0.0588. The number of nitrogens with one attached hydrogen (secondary N) is 1. The summed E-state index contributed by atoms with van der Waals surface area (Å²) in [6.45, 7) is 0.712. The van der Waals surface area contributed by atoms with Gasteiger partial charge in [-0.05, 0) is 6.07 Å². The predicted molar refractivity (Wildman–Crippen MR) is 53.7 cm³/mol. The molecule has 1 aromatic heterocycles. The van der Waals surface area contributed by atoms with Gasteiger partial charge in [0.05, 0.1) is 0 Å². The summed E-state index contributed by atoms with van der Waals surface area (Å²) in [4.78, 5) is 6.99. The van der Waals surface area contributed by atoms with E-state index < -0.39 is 11.9 Å². The molecular weight excluding hydrogens is 221 g/mol. The van der Waals surface area contributed by atoms with Crippen LogP contribution in [0.15, 0.2) is 24.4 Å². The van der Waals surface area contributed by atoms with Crippen LogP contribution in [-0.2, 0) is 6.18 Å². The molecular formula is C9H11F3N4. The van der Waals surface area contributed by atoms with Gasteiger partial charge in [-0.15, -0.1) is 0 Å². The van der Waals surface area contributed by atoms with Gasteiger partial charge in [-0.25, -0.2) is 9.97 Å². The first kappa shape index (κ1) is 12.4. The number of hydrogen-bond donors (Lipinski definition) is 2. The van der Waals surface area contributed by atoms with Crippen molar-refractivity contribution in [2.75, 3.05) is 18.4 Å². The second-order valence-corrected chi connectivity index (χ2v) is 2.85. The highest BCUT2D eigenvalue weighted by atomic mass is 19.4. The minimum Gasteiger partial charge on any atom is -0.351 e. The Morgan fingerprint density at radius 3 is 2.75 bits per heavy atom. The molecule has 3 N–H and O–H groups in total. The van der Waals surface area contributed by atoms with E-state index in [0.717, 1.165) is 12.3 Å². The van der Waals surface area contributed by atoms with Crippen molar-refractivity contribution in [1.29, 1.82) is 0 Å². The summed E-state index contributed by atoms with van der Waals surface area (Å²) in [7, 11) is 0. The average Bonchev–Trinajstić information content (AvgIpc) is 2.24. The minimum atomic E-state index is -4.45. The molecule has 1 heterocycles. The molecule has 88 valence electrons. The van der Waals surface area contributed by atoms with E-state index in [1.165, 1.54) is 0 Å². The summed E-state index contributed by atoms with van der Waals surface area (Å²) in [5, 5.41) is 2.63. The molecule has 7 heteroatoms. The fourth-order valence-corrected chi connectivity index (χ4v) is 0.932. The lowest BCUT2D eigenvalue weighted by Crippen LogP contribution is -2.11. The summed E-state index contributed by atoms with van der Waals surface area (Å²) >= 11 is 0. The van der Waals surface area contributed by atoms with Crippen molar-refractivity contribution < 1.29 is 13.2 Å². The van der Waals surface area contributed by atoms with E-state index in [9.17, 15) is 13.2 Å². The van der Waals surface area contributed by atoms with Crippen molar-refractivity contribution in [3.63, 3.8) is 0 Å². The summed E-state index contributed by atoms with van der Waals surface area (Å²) in [6, 6.07) is 0.820. The lowest BCUT2D eigenvalue weighted by molar-refractivity contribution is -0.141. The Balaban J connectivity index is 2.65. The number of hydrogen-bond acceptors (Lipinski definition) is 4. The fraction of sp³-hybridized carbons (Fsp3) is 0.333. The molecule has 0 radical (unpaired) electrons. The van der Waals surface area contributed by atoms with Gasteiger partial charge < -0.3 is 11.1 Å². The molecule has 0 unspecified atom stereocenters. The SMILES string of the molecule is NC/C=C/CNc1nccc(C(F)(F)F)n1. The van der Waals surface area contributed by atoms with Crippen molar-refractivity contribution in [3.05, 3.63) is 30.1 Å². The standard InChI is InChI=1S/C9H11F3N4/c10-9(11,12)7-3-6-15-8(16-7)14-5-2-1-4-13/h1-3,6H,4-5,13H2,(H,14,15,16)/b2-1+. The summed E-state index contributed by atoms with van der Waals surface area (Å²) in [6.07, 6.45) is -0.0263. The summed E-state index contributed by atoms with van der Waals surface area (Å²) in [5.74, 6) is -0.0588. The molecule has 0 fully saturated rings. The largest absolute Gasteiger partial charge is 0.433 e. The van der Waals surface area contributed by atoms with Crippen LogP contribution in [0.3, 0.4) is 0 Å². The third kappa shape index (κ3) is 3.85. The topological polar surface area (TPSA) is 63.8 Å². The van der Waals surface area contributed by atoms with Crippen LogP contribution in [0.2, 0.25) is 0 Å². The van der Waals surface area contributed by atoms with Crippen LogP contribution >= 0.6 is 0 Å². The Bertz CT molecular complexity index is 362. The number of aromatic nitrogens is 2. The van der Waals surface area contributed by atoms with Crippen molar-refractivity contribution in [2.45, 2.75) is 6.18 Å². The number of alkyl halides is 3. The Hall–Kier alpha value is -1.63. The first-order chi connectivity index (χ1) is 7.54. The number of anilines is 1. The lowest BCUT2D eigenvalue weighted by Gasteiger charge is -2.07.